The van der Waals surface area contributed by atoms with Gasteiger partial charge in [0.05, 0.1) is 22.8 Å². The molecule has 90 valence electrons. The van der Waals surface area contributed by atoms with Gasteiger partial charge in [-0.1, -0.05) is 11.3 Å². The number of hydrogen-bond acceptors (Lipinski definition) is 5. The summed E-state index contributed by atoms with van der Waals surface area (Å²) in [5.41, 5.74) is 8.49. The Kier molecular flexibility index (Phi) is 2.84. The molecule has 0 fully saturated rings. The maximum atomic E-state index is 12.0. The Morgan fingerprint density at radius 3 is 2.53 bits per heavy atom. The van der Waals surface area contributed by atoms with Crippen LogP contribution < -0.4 is 11.1 Å². The van der Waals surface area contributed by atoms with Crippen molar-refractivity contribution < 1.29 is 4.79 Å². The molecule has 2 aromatic heterocycles. The topological polar surface area (TPSA) is 96.7 Å². The van der Waals surface area contributed by atoms with Crippen molar-refractivity contribution in [1.29, 1.82) is 0 Å². The van der Waals surface area contributed by atoms with E-state index in [0.29, 0.717) is 21.4 Å². The fourth-order valence-electron chi connectivity index (χ4n) is 1.53. The van der Waals surface area contributed by atoms with Gasteiger partial charge in [-0.2, -0.15) is 5.10 Å². The van der Waals surface area contributed by atoms with Crippen LogP contribution in [0.25, 0.3) is 0 Å². The smallest absolute Gasteiger partial charge is 0.267 e. The Bertz CT molecular complexity index is 552. The molecule has 0 atom stereocenters. The van der Waals surface area contributed by atoms with Crippen LogP contribution in [-0.4, -0.2) is 21.1 Å². The number of rotatable bonds is 2. The van der Waals surface area contributed by atoms with Crippen molar-refractivity contribution in [2.24, 2.45) is 0 Å². The van der Waals surface area contributed by atoms with Crippen molar-refractivity contribution in [1.82, 2.24) is 15.2 Å². The van der Waals surface area contributed by atoms with E-state index in [1.165, 1.54) is 11.3 Å². The fraction of sp³-hybridized carbons (Fsp3) is 0.300. The molecule has 6 nitrogen and oxygen atoms in total. The number of aromatic nitrogens is 3. The minimum Gasteiger partial charge on any atom is -0.375 e. The molecule has 1 amide bonds. The normalized spacial score (nSPS) is 10.5. The molecule has 0 saturated heterocycles. The Hall–Kier alpha value is -1.89. The summed E-state index contributed by atoms with van der Waals surface area (Å²) < 4.78 is 0. The molecule has 0 bridgehead atoms. The van der Waals surface area contributed by atoms with E-state index in [4.69, 9.17) is 5.73 Å². The Morgan fingerprint density at radius 1 is 1.35 bits per heavy atom. The third-order valence-electron chi connectivity index (χ3n) is 2.39. The summed E-state index contributed by atoms with van der Waals surface area (Å²) in [6.07, 6.45) is 0. The van der Waals surface area contributed by atoms with E-state index in [9.17, 15) is 4.79 Å². The summed E-state index contributed by atoms with van der Waals surface area (Å²) in [6.45, 7) is 5.44. The molecule has 2 aromatic rings. The minimum absolute atomic E-state index is 0.204. The number of nitrogen functional groups attached to an aromatic ring is 1. The Morgan fingerprint density at radius 2 is 2.06 bits per heavy atom. The van der Waals surface area contributed by atoms with Crippen LogP contribution in [0.3, 0.4) is 0 Å². The van der Waals surface area contributed by atoms with Crippen molar-refractivity contribution >= 4 is 28.1 Å². The highest BCUT2D eigenvalue weighted by Crippen LogP contribution is 2.23. The predicted molar refractivity (Wildman–Crippen MR) is 67.3 cm³/mol. The Balaban J connectivity index is 2.26. The summed E-state index contributed by atoms with van der Waals surface area (Å²) in [6, 6.07) is 0. The van der Waals surface area contributed by atoms with Crippen LogP contribution in [0.2, 0.25) is 0 Å². The van der Waals surface area contributed by atoms with Gasteiger partial charge in [-0.25, -0.2) is 4.98 Å². The molecule has 4 N–H and O–H groups in total. The molecule has 2 heterocycles. The number of nitrogens with one attached hydrogen (secondary N) is 2. The summed E-state index contributed by atoms with van der Waals surface area (Å²) in [5, 5.41) is 10.0. The molecule has 0 unspecified atom stereocenters. The lowest BCUT2D eigenvalue weighted by molar-refractivity contribution is 0.102. The van der Waals surface area contributed by atoms with Gasteiger partial charge in [-0.15, -0.1) is 0 Å². The highest BCUT2D eigenvalue weighted by atomic mass is 32.1. The van der Waals surface area contributed by atoms with Crippen molar-refractivity contribution in [3.8, 4) is 0 Å². The quantitative estimate of drug-likeness (QED) is 0.755. The molecular weight excluding hydrogens is 238 g/mol. The number of aryl methyl sites for hydroxylation is 3. The minimum atomic E-state index is -0.204. The summed E-state index contributed by atoms with van der Waals surface area (Å²) >= 11 is 1.18. The van der Waals surface area contributed by atoms with Gasteiger partial charge >= 0.3 is 0 Å². The first-order chi connectivity index (χ1) is 7.99. The predicted octanol–water partition coefficient (Wildman–Crippen LogP) is 1.63. The molecular formula is C10H13N5OS. The van der Waals surface area contributed by atoms with E-state index in [1.54, 1.807) is 6.92 Å². The fourth-order valence-corrected chi connectivity index (χ4v) is 2.26. The molecule has 7 heteroatoms. The highest BCUT2D eigenvalue weighted by molar-refractivity contribution is 7.17. The van der Waals surface area contributed by atoms with Gasteiger partial charge in [0, 0.05) is 0 Å². The number of nitrogens with two attached hydrogens (primary N) is 1. The molecule has 17 heavy (non-hydrogen) atoms. The standard InChI is InChI=1S/C10H13N5OS/c1-4-7(5(2)15-14-4)13-9(16)8-6(3)12-10(11)17-8/h1-3H3,(H2,11,12)(H,13,16)(H,14,15). The third-order valence-corrected chi connectivity index (χ3v) is 3.37. The van der Waals surface area contributed by atoms with Gasteiger partial charge in [0.1, 0.15) is 4.88 Å². The second-order valence-corrected chi connectivity index (χ2v) is 4.76. The zero-order chi connectivity index (χ0) is 12.6. The zero-order valence-corrected chi connectivity index (χ0v) is 10.6. The van der Waals surface area contributed by atoms with Crippen LogP contribution in [0, 0.1) is 20.8 Å². The van der Waals surface area contributed by atoms with Crippen LogP contribution in [-0.2, 0) is 0 Å². The van der Waals surface area contributed by atoms with Gasteiger partial charge in [0.25, 0.3) is 5.91 Å². The largest absolute Gasteiger partial charge is 0.375 e. The Labute approximate surface area is 102 Å². The van der Waals surface area contributed by atoms with Crippen LogP contribution in [0.15, 0.2) is 0 Å². The monoisotopic (exact) mass is 251 g/mol. The first kappa shape index (κ1) is 11.6. The summed E-state index contributed by atoms with van der Waals surface area (Å²) in [5.74, 6) is -0.204. The second-order valence-electron chi connectivity index (χ2n) is 3.73. The van der Waals surface area contributed by atoms with Crippen LogP contribution >= 0.6 is 11.3 Å². The van der Waals surface area contributed by atoms with Crippen molar-refractivity contribution in [2.75, 3.05) is 11.1 Å². The molecule has 0 aliphatic carbocycles. The summed E-state index contributed by atoms with van der Waals surface area (Å²) in [4.78, 5) is 16.6. The van der Waals surface area contributed by atoms with Gasteiger partial charge < -0.3 is 11.1 Å². The average molecular weight is 251 g/mol. The van der Waals surface area contributed by atoms with Crippen molar-refractivity contribution in [3.63, 3.8) is 0 Å². The molecule has 0 spiro atoms. The van der Waals surface area contributed by atoms with Crippen LogP contribution in [0.1, 0.15) is 26.8 Å². The number of thiazole rings is 1. The first-order valence-corrected chi connectivity index (χ1v) is 5.86. The van der Waals surface area contributed by atoms with Gasteiger partial charge in [-0.05, 0) is 20.8 Å². The number of hydrogen-bond donors (Lipinski definition) is 3. The lowest BCUT2D eigenvalue weighted by Gasteiger charge is -2.03. The van der Waals surface area contributed by atoms with E-state index in [1.807, 2.05) is 13.8 Å². The first-order valence-electron chi connectivity index (χ1n) is 5.05. The van der Waals surface area contributed by atoms with E-state index < -0.39 is 0 Å². The zero-order valence-electron chi connectivity index (χ0n) is 9.79. The SMILES string of the molecule is Cc1nc(N)sc1C(=O)Nc1c(C)n[nH]c1C. The molecule has 0 radical (unpaired) electrons. The summed E-state index contributed by atoms with van der Waals surface area (Å²) in [7, 11) is 0. The molecule has 2 rings (SSSR count). The van der Waals surface area contributed by atoms with E-state index in [-0.39, 0.29) is 5.91 Å². The number of carbonyl (C=O) groups excluding carboxylic acids is 1. The van der Waals surface area contributed by atoms with Gasteiger partial charge in [0.15, 0.2) is 5.13 Å². The maximum absolute atomic E-state index is 12.0. The number of nitrogens with zero attached hydrogens (tertiary/aromatic N) is 2. The lowest BCUT2D eigenvalue weighted by Crippen LogP contribution is -2.12. The third kappa shape index (κ3) is 2.14. The van der Waals surface area contributed by atoms with Gasteiger partial charge in [-0.3, -0.25) is 9.89 Å². The average Bonchev–Trinajstić information content (AvgIpc) is 2.74. The van der Waals surface area contributed by atoms with E-state index in [0.717, 1.165) is 11.4 Å². The number of H-pyrrole nitrogens is 1. The maximum Gasteiger partial charge on any atom is 0.267 e. The molecule has 0 aromatic carbocycles. The van der Waals surface area contributed by atoms with Crippen LogP contribution in [0.5, 0.6) is 0 Å². The van der Waals surface area contributed by atoms with Crippen molar-refractivity contribution in [2.45, 2.75) is 20.8 Å². The molecule has 0 aliphatic heterocycles. The number of carbonyl (C=O) groups is 1. The second kappa shape index (κ2) is 4.17. The molecule has 0 aliphatic rings. The van der Waals surface area contributed by atoms with Gasteiger partial charge in [0.2, 0.25) is 0 Å². The lowest BCUT2D eigenvalue weighted by atomic mass is 10.3. The number of anilines is 2. The number of amides is 1. The van der Waals surface area contributed by atoms with Crippen molar-refractivity contribution in [3.05, 3.63) is 22.0 Å². The molecule has 0 saturated carbocycles. The number of aromatic amines is 1. The van der Waals surface area contributed by atoms with Crippen LogP contribution in [0.4, 0.5) is 10.8 Å². The highest BCUT2D eigenvalue weighted by Gasteiger charge is 2.17. The van der Waals surface area contributed by atoms with E-state index in [2.05, 4.69) is 20.5 Å². The van der Waals surface area contributed by atoms with E-state index >= 15 is 0 Å².